The molecule has 0 radical (unpaired) electrons. The molecule has 0 N–H and O–H groups in total. The molecule has 1 heterocycles. The van der Waals surface area contributed by atoms with Crippen molar-refractivity contribution < 1.29 is 19.1 Å². The van der Waals surface area contributed by atoms with Gasteiger partial charge in [0.25, 0.3) is 5.91 Å². The van der Waals surface area contributed by atoms with E-state index in [2.05, 4.69) is 0 Å². The number of amides is 2. The Hall–Kier alpha value is -2.79. The van der Waals surface area contributed by atoms with Gasteiger partial charge in [-0.1, -0.05) is 29.8 Å². The molecule has 24 heavy (non-hydrogen) atoms. The van der Waals surface area contributed by atoms with Crippen LogP contribution in [0.15, 0.2) is 59.3 Å². The minimum Gasteiger partial charge on any atom is -0.497 e. The van der Waals surface area contributed by atoms with E-state index < -0.39 is 11.8 Å². The van der Waals surface area contributed by atoms with E-state index in [1.54, 1.807) is 43.5 Å². The van der Waals surface area contributed by atoms with Gasteiger partial charge in [-0.3, -0.25) is 9.59 Å². The van der Waals surface area contributed by atoms with Gasteiger partial charge in [-0.05, 0) is 42.8 Å². The van der Waals surface area contributed by atoms with Gasteiger partial charge < -0.3 is 9.47 Å². The van der Waals surface area contributed by atoms with E-state index in [4.69, 9.17) is 21.1 Å². The zero-order valence-electron chi connectivity index (χ0n) is 13.1. The van der Waals surface area contributed by atoms with Crippen LogP contribution in [-0.2, 0) is 9.59 Å². The number of ether oxygens (including phenoxy) is 2. The molecule has 0 spiro atoms. The van der Waals surface area contributed by atoms with Crippen LogP contribution in [0.3, 0.4) is 0 Å². The molecule has 0 atom stereocenters. The molecule has 0 fully saturated rings. The molecule has 2 amide bonds. The number of anilines is 1. The summed E-state index contributed by atoms with van der Waals surface area (Å²) in [5.74, 6) is -0.334. The Balaban J connectivity index is 1.90. The number of carbonyl (C=O) groups is 2. The second kappa shape index (κ2) is 6.37. The summed E-state index contributed by atoms with van der Waals surface area (Å²) in [4.78, 5) is 26.0. The zero-order valence-corrected chi connectivity index (χ0v) is 13.8. The summed E-state index contributed by atoms with van der Waals surface area (Å²) in [6.45, 7) is 1.81. The Morgan fingerprint density at radius 1 is 0.917 bits per heavy atom. The third kappa shape index (κ3) is 2.74. The minimum atomic E-state index is -0.598. The maximum atomic E-state index is 12.6. The summed E-state index contributed by atoms with van der Waals surface area (Å²) in [6, 6.07) is 13.7. The molecular formula is C18H14ClNO4. The first-order valence-corrected chi connectivity index (χ1v) is 7.57. The molecule has 0 saturated heterocycles. The molecule has 1 aliphatic heterocycles. The number of halogens is 1. The maximum Gasteiger partial charge on any atom is 0.302 e. The van der Waals surface area contributed by atoms with Gasteiger partial charge in [-0.25, -0.2) is 4.90 Å². The summed E-state index contributed by atoms with van der Waals surface area (Å²) in [6.07, 6.45) is 0. The van der Waals surface area contributed by atoms with E-state index in [-0.39, 0.29) is 10.8 Å². The molecule has 6 heteroatoms. The summed E-state index contributed by atoms with van der Waals surface area (Å²) >= 11 is 6.05. The molecule has 0 saturated carbocycles. The Morgan fingerprint density at radius 2 is 1.54 bits per heavy atom. The Labute approximate surface area is 144 Å². The van der Waals surface area contributed by atoms with Crippen molar-refractivity contribution in [1.82, 2.24) is 0 Å². The van der Waals surface area contributed by atoms with Crippen LogP contribution >= 0.6 is 11.6 Å². The van der Waals surface area contributed by atoms with Crippen LogP contribution in [0.1, 0.15) is 5.56 Å². The van der Waals surface area contributed by atoms with Crippen molar-refractivity contribution in [3.8, 4) is 11.5 Å². The van der Waals surface area contributed by atoms with Crippen molar-refractivity contribution in [3.05, 3.63) is 64.9 Å². The van der Waals surface area contributed by atoms with Crippen LogP contribution in [0.2, 0.25) is 0 Å². The zero-order chi connectivity index (χ0) is 17.3. The lowest BCUT2D eigenvalue weighted by atomic mass is 10.2. The molecule has 1 aliphatic rings. The summed E-state index contributed by atoms with van der Waals surface area (Å²) in [5, 5.41) is -0.237. The van der Waals surface area contributed by atoms with Gasteiger partial charge in [-0.15, -0.1) is 0 Å². The number of carbonyl (C=O) groups excluding carboxylic acids is 2. The Morgan fingerprint density at radius 3 is 2.17 bits per heavy atom. The molecular weight excluding hydrogens is 330 g/mol. The van der Waals surface area contributed by atoms with Crippen LogP contribution in [-0.4, -0.2) is 18.9 Å². The van der Waals surface area contributed by atoms with Gasteiger partial charge in [0.1, 0.15) is 11.5 Å². The summed E-state index contributed by atoms with van der Waals surface area (Å²) in [7, 11) is 1.55. The van der Waals surface area contributed by atoms with Crippen LogP contribution in [0, 0.1) is 6.92 Å². The highest BCUT2D eigenvalue weighted by molar-refractivity contribution is 6.52. The van der Waals surface area contributed by atoms with E-state index in [0.717, 1.165) is 10.5 Å². The lowest BCUT2D eigenvalue weighted by Gasteiger charge is -2.16. The summed E-state index contributed by atoms with van der Waals surface area (Å²) < 4.78 is 10.6. The normalized spacial score (nSPS) is 14.4. The van der Waals surface area contributed by atoms with Crippen molar-refractivity contribution in [3.63, 3.8) is 0 Å². The van der Waals surface area contributed by atoms with Crippen molar-refractivity contribution in [2.75, 3.05) is 12.0 Å². The van der Waals surface area contributed by atoms with E-state index in [1.807, 2.05) is 19.1 Å². The van der Waals surface area contributed by atoms with Gasteiger partial charge in [0.2, 0.25) is 5.76 Å². The maximum absolute atomic E-state index is 12.6. The molecule has 0 bridgehead atoms. The van der Waals surface area contributed by atoms with Crippen molar-refractivity contribution in [2.45, 2.75) is 6.92 Å². The number of rotatable bonds is 4. The Kier molecular flexibility index (Phi) is 4.27. The molecule has 0 aromatic heterocycles. The number of hydrogen-bond donors (Lipinski definition) is 0. The predicted molar refractivity (Wildman–Crippen MR) is 90.2 cm³/mol. The van der Waals surface area contributed by atoms with E-state index in [1.165, 1.54) is 0 Å². The lowest BCUT2D eigenvalue weighted by molar-refractivity contribution is -0.121. The van der Waals surface area contributed by atoms with Crippen LogP contribution in [0.25, 0.3) is 0 Å². The van der Waals surface area contributed by atoms with E-state index >= 15 is 0 Å². The minimum absolute atomic E-state index is 0.185. The number of imide groups is 1. The van der Waals surface area contributed by atoms with Gasteiger partial charge in [-0.2, -0.15) is 0 Å². The average Bonchev–Trinajstić information content (AvgIpc) is 2.80. The number of nitrogens with zero attached hydrogens (tertiary/aromatic N) is 1. The van der Waals surface area contributed by atoms with Crippen molar-refractivity contribution >= 4 is 29.1 Å². The monoisotopic (exact) mass is 343 g/mol. The largest absolute Gasteiger partial charge is 0.497 e. The topological polar surface area (TPSA) is 55.8 Å². The first kappa shape index (κ1) is 16.1. The molecule has 0 unspecified atom stereocenters. The first-order chi connectivity index (χ1) is 11.5. The fourth-order valence-corrected chi connectivity index (χ4v) is 2.57. The van der Waals surface area contributed by atoms with Crippen LogP contribution in [0.4, 0.5) is 5.69 Å². The van der Waals surface area contributed by atoms with Crippen molar-refractivity contribution in [1.29, 1.82) is 0 Å². The molecule has 122 valence electrons. The highest BCUT2D eigenvalue weighted by Crippen LogP contribution is 2.32. The van der Waals surface area contributed by atoms with Gasteiger partial charge >= 0.3 is 5.91 Å². The van der Waals surface area contributed by atoms with E-state index in [9.17, 15) is 9.59 Å². The first-order valence-electron chi connectivity index (χ1n) is 7.19. The fourth-order valence-electron chi connectivity index (χ4n) is 2.37. The highest BCUT2D eigenvalue weighted by Gasteiger charge is 2.41. The molecule has 0 aliphatic carbocycles. The number of aryl methyl sites for hydroxylation is 1. The molecule has 3 rings (SSSR count). The standard InChI is InChI=1S/C18H14ClNO4/c1-11-5-3-4-6-14(11)20-17(21)15(19)16(18(20)22)24-13-9-7-12(23-2)8-10-13/h3-10H,1-2H3. The number of methoxy groups -OCH3 is 1. The highest BCUT2D eigenvalue weighted by atomic mass is 35.5. The van der Waals surface area contributed by atoms with Crippen LogP contribution in [0.5, 0.6) is 11.5 Å². The second-order valence-electron chi connectivity index (χ2n) is 5.15. The third-order valence-electron chi connectivity index (χ3n) is 3.62. The van der Waals surface area contributed by atoms with Crippen molar-refractivity contribution in [2.24, 2.45) is 0 Å². The van der Waals surface area contributed by atoms with Gasteiger partial charge in [0.15, 0.2) is 5.03 Å². The molecule has 2 aromatic carbocycles. The second-order valence-corrected chi connectivity index (χ2v) is 5.53. The molecule has 2 aromatic rings. The quantitative estimate of drug-likeness (QED) is 0.798. The van der Waals surface area contributed by atoms with Gasteiger partial charge in [0, 0.05) is 0 Å². The number of para-hydroxylation sites is 1. The average molecular weight is 344 g/mol. The van der Waals surface area contributed by atoms with Crippen LogP contribution < -0.4 is 14.4 Å². The SMILES string of the molecule is COc1ccc(OC2=C(Cl)C(=O)N(c3ccccc3C)C2=O)cc1. The predicted octanol–water partition coefficient (Wildman–Crippen LogP) is 3.41. The fraction of sp³-hybridized carbons (Fsp3) is 0.111. The Bertz CT molecular complexity index is 842. The number of benzene rings is 2. The third-order valence-corrected chi connectivity index (χ3v) is 3.96. The lowest BCUT2D eigenvalue weighted by Crippen LogP contribution is -2.32. The number of hydrogen-bond acceptors (Lipinski definition) is 4. The van der Waals surface area contributed by atoms with Gasteiger partial charge in [0.05, 0.1) is 12.8 Å². The summed E-state index contributed by atoms with van der Waals surface area (Å²) in [5.41, 5.74) is 1.27. The molecule has 5 nitrogen and oxygen atoms in total. The van der Waals surface area contributed by atoms with E-state index in [0.29, 0.717) is 17.2 Å². The smallest absolute Gasteiger partial charge is 0.302 e.